The van der Waals surface area contributed by atoms with E-state index in [-0.39, 0.29) is 0 Å². The van der Waals surface area contributed by atoms with Gasteiger partial charge in [0.25, 0.3) is 0 Å². The van der Waals surface area contributed by atoms with E-state index in [2.05, 4.69) is 56.2 Å². The Morgan fingerprint density at radius 3 is 1.63 bits per heavy atom. The van der Waals surface area contributed by atoms with E-state index in [0.717, 1.165) is 6.42 Å². The number of hydrogen-bond donors (Lipinski definition) is 0. The van der Waals surface area contributed by atoms with E-state index < -0.39 is 25.9 Å². The monoisotopic (exact) mass is 522 g/mol. The topological polar surface area (TPSA) is 0 Å². The van der Waals surface area contributed by atoms with Crippen LogP contribution < -0.4 is 0 Å². The summed E-state index contributed by atoms with van der Waals surface area (Å²) < 4.78 is 1.95. The maximum absolute atomic E-state index is 3.93. The van der Waals surface area contributed by atoms with Crippen molar-refractivity contribution < 1.29 is 0 Å². The van der Waals surface area contributed by atoms with Crippen LogP contribution in [0, 0.1) is 11.7 Å². The van der Waals surface area contributed by atoms with Crippen molar-refractivity contribution in [2.24, 2.45) is 0 Å². The first kappa shape index (κ1) is 30.2. The molecule has 0 aromatic heterocycles. The Kier molecular flexibility index (Phi) is 19.9. The van der Waals surface area contributed by atoms with E-state index in [4.69, 9.17) is 0 Å². The third kappa shape index (κ3) is 12.3. The molecule has 0 heterocycles. The molecule has 0 aliphatic heterocycles. The molecular formula is C28H55BSn. The fourth-order valence-electron chi connectivity index (χ4n) is 5.09. The summed E-state index contributed by atoms with van der Waals surface area (Å²) in [5.41, 5.74) is 1.84. The average molecular weight is 521 g/mol. The van der Waals surface area contributed by atoms with Crippen molar-refractivity contribution in [1.82, 2.24) is 0 Å². The van der Waals surface area contributed by atoms with Gasteiger partial charge in [-0.15, -0.1) is 0 Å². The van der Waals surface area contributed by atoms with Crippen molar-refractivity contribution in [1.29, 1.82) is 0 Å². The molecule has 0 N–H and O–H groups in total. The second-order valence-electron chi connectivity index (χ2n) is 9.78. The summed E-state index contributed by atoms with van der Waals surface area (Å²) in [4.78, 5) is 5.22. The molecule has 0 atom stereocenters. The van der Waals surface area contributed by atoms with E-state index in [9.17, 15) is 0 Å². The van der Waals surface area contributed by atoms with Gasteiger partial charge >= 0.3 is 193 Å². The van der Waals surface area contributed by atoms with Crippen LogP contribution in [0.25, 0.3) is 0 Å². The van der Waals surface area contributed by atoms with Gasteiger partial charge in [0.1, 0.15) is 0 Å². The summed E-state index contributed by atoms with van der Waals surface area (Å²) >= 11 is -1.39. The van der Waals surface area contributed by atoms with Gasteiger partial charge in [-0.05, 0) is 0 Å². The second kappa shape index (κ2) is 19.8. The molecule has 0 aromatic carbocycles. The zero-order valence-electron chi connectivity index (χ0n) is 22.1. The molecule has 0 saturated heterocycles. The molecule has 0 nitrogen and oxygen atoms in total. The van der Waals surface area contributed by atoms with Crippen LogP contribution in [0.4, 0.5) is 0 Å². The van der Waals surface area contributed by atoms with E-state index in [1.165, 1.54) is 103 Å². The van der Waals surface area contributed by atoms with Crippen LogP contribution in [-0.4, -0.2) is 25.9 Å². The van der Waals surface area contributed by atoms with Crippen LogP contribution in [0.5, 0.6) is 0 Å². The molecule has 0 aliphatic carbocycles. The van der Waals surface area contributed by atoms with Crippen LogP contribution in [0.15, 0.2) is 9.06 Å². The van der Waals surface area contributed by atoms with Gasteiger partial charge in [-0.1, -0.05) is 6.92 Å². The van der Waals surface area contributed by atoms with Crippen molar-refractivity contribution >= 4 is 25.9 Å². The van der Waals surface area contributed by atoms with Gasteiger partial charge in [0, 0.05) is 0 Å². The Hall–Kier alpha value is 0.164. The molecular weight excluding hydrogens is 466 g/mol. The van der Waals surface area contributed by atoms with Crippen molar-refractivity contribution in [2.75, 3.05) is 0 Å². The summed E-state index contributed by atoms with van der Waals surface area (Å²) in [6.07, 6.45) is 22.3. The predicted molar refractivity (Wildman–Crippen MR) is 145 cm³/mol. The number of allylic oxidation sites excluding steroid dienone is 2. The molecule has 30 heavy (non-hydrogen) atoms. The SMILES string of the molecule is CCCCCCCCC#C[B-](CC)(CC)/C(CC)=[C](/CCCCCCCC)[Sn+]([CH3])[CH3]. The van der Waals surface area contributed by atoms with Gasteiger partial charge in [-0.3, -0.25) is 0 Å². The molecule has 0 radical (unpaired) electrons. The Bertz CT molecular complexity index is 491. The molecule has 0 spiro atoms. The van der Waals surface area contributed by atoms with E-state index >= 15 is 0 Å². The van der Waals surface area contributed by atoms with E-state index in [1.807, 2.05) is 9.06 Å². The van der Waals surface area contributed by atoms with Crippen molar-refractivity contribution in [3.63, 3.8) is 0 Å². The first-order valence-electron chi connectivity index (χ1n) is 13.7. The summed E-state index contributed by atoms with van der Waals surface area (Å²) in [5.74, 6) is 7.61. The second-order valence-corrected chi connectivity index (χ2v) is 17.2. The number of rotatable bonds is 18. The zero-order chi connectivity index (χ0) is 22.7. The minimum atomic E-state index is -1.39. The van der Waals surface area contributed by atoms with Gasteiger partial charge in [-0.2, -0.15) is 0 Å². The molecule has 0 amide bonds. The summed E-state index contributed by atoms with van der Waals surface area (Å²) in [7, 11) is 0. The van der Waals surface area contributed by atoms with Crippen LogP contribution in [0.3, 0.4) is 0 Å². The van der Waals surface area contributed by atoms with Gasteiger partial charge in [0.05, 0.1) is 0 Å². The Morgan fingerprint density at radius 2 is 1.17 bits per heavy atom. The fourth-order valence-corrected chi connectivity index (χ4v) is 10.1. The third-order valence-electron chi connectivity index (χ3n) is 7.25. The summed E-state index contributed by atoms with van der Waals surface area (Å²) in [6.45, 7) is 11.8. The molecule has 0 rings (SSSR count). The summed E-state index contributed by atoms with van der Waals surface area (Å²) in [5, 5.41) is 0. The van der Waals surface area contributed by atoms with Crippen LogP contribution in [0.2, 0.25) is 22.5 Å². The minimum absolute atomic E-state index is 0.630. The third-order valence-corrected chi connectivity index (χ3v) is 12.3. The van der Waals surface area contributed by atoms with E-state index in [0.29, 0.717) is 0 Å². The molecule has 0 bridgehead atoms. The Labute approximate surface area is 199 Å². The summed E-state index contributed by atoms with van der Waals surface area (Å²) in [6, 6.07) is 0. The molecule has 0 saturated carbocycles. The molecule has 0 aromatic rings. The van der Waals surface area contributed by atoms with Crippen molar-refractivity contribution in [3.05, 3.63) is 9.06 Å². The van der Waals surface area contributed by atoms with Crippen molar-refractivity contribution in [3.8, 4) is 11.7 Å². The van der Waals surface area contributed by atoms with Gasteiger partial charge in [0.2, 0.25) is 0 Å². The Morgan fingerprint density at radius 1 is 0.667 bits per heavy atom. The zero-order valence-corrected chi connectivity index (χ0v) is 25.0. The Balaban J connectivity index is 5.15. The van der Waals surface area contributed by atoms with Crippen LogP contribution in [0.1, 0.15) is 131 Å². The van der Waals surface area contributed by atoms with Crippen LogP contribution >= 0.6 is 0 Å². The normalized spacial score (nSPS) is 12.4. The van der Waals surface area contributed by atoms with Crippen LogP contribution in [-0.2, 0) is 0 Å². The number of hydrogen-bond acceptors (Lipinski definition) is 0. The number of unbranched alkanes of at least 4 members (excludes halogenated alkanes) is 11. The average Bonchev–Trinajstić information content (AvgIpc) is 2.75. The van der Waals surface area contributed by atoms with E-state index in [1.54, 1.807) is 0 Å². The molecule has 0 aliphatic rings. The molecule has 0 fully saturated rings. The standard InChI is InChI=1S/C26H49B.2CH3.Sn/c1-6-11-13-15-17-19-21-23-25-27(9-4,10-5)26(8-3)24-22-20-18-16-14-12-7-2;;;/h6-22H2,1-5H3;2*1H3;/q-1;;;+1. The van der Waals surface area contributed by atoms with Gasteiger partial charge < -0.3 is 0 Å². The van der Waals surface area contributed by atoms with Crippen molar-refractivity contribution in [2.45, 2.75) is 153 Å². The predicted octanol–water partition coefficient (Wildman–Crippen LogP) is 10.1. The van der Waals surface area contributed by atoms with Gasteiger partial charge in [0.15, 0.2) is 0 Å². The fraction of sp³-hybridized carbons (Fsp3) is 0.857. The van der Waals surface area contributed by atoms with Gasteiger partial charge in [-0.25, -0.2) is 0 Å². The molecule has 2 heteroatoms. The molecule has 0 unspecified atom stereocenters. The quantitative estimate of drug-likeness (QED) is 0.0957. The first-order valence-corrected chi connectivity index (χ1v) is 20.9. The first-order chi connectivity index (χ1) is 14.5. The maximum atomic E-state index is 3.93. The molecule has 174 valence electrons.